The van der Waals surface area contributed by atoms with Crippen LogP contribution in [-0.4, -0.2) is 25.0 Å². The van der Waals surface area contributed by atoms with Gasteiger partial charge in [0, 0.05) is 17.2 Å². The fourth-order valence-corrected chi connectivity index (χ4v) is 4.96. The second kappa shape index (κ2) is 8.30. The number of anilines is 1. The van der Waals surface area contributed by atoms with Crippen molar-refractivity contribution in [1.82, 2.24) is 0 Å². The molecule has 30 heavy (non-hydrogen) atoms. The van der Waals surface area contributed by atoms with E-state index in [9.17, 15) is 14.4 Å². The number of carbonyl (C=O) groups is 3. The maximum Gasteiger partial charge on any atom is 0.324 e. The average molecular weight is 407 g/mol. The van der Waals surface area contributed by atoms with Gasteiger partial charge in [0.2, 0.25) is 5.91 Å². The number of methoxy groups -OCH3 is 1. The lowest BCUT2D eigenvalue weighted by atomic mass is 9.59. The van der Waals surface area contributed by atoms with Crippen LogP contribution in [0, 0.1) is 11.3 Å². The normalized spacial score (nSPS) is 22.4. The number of para-hydroxylation sites is 2. The molecule has 2 aromatic carbocycles. The largest absolute Gasteiger partial charge is 0.469 e. The van der Waals surface area contributed by atoms with E-state index in [-0.39, 0.29) is 5.97 Å². The summed E-state index contributed by atoms with van der Waals surface area (Å²) in [6.07, 6.45) is 3.84. The van der Waals surface area contributed by atoms with Crippen molar-refractivity contribution in [2.75, 3.05) is 12.4 Å². The number of amides is 1. The van der Waals surface area contributed by atoms with Crippen molar-refractivity contribution in [3.8, 4) is 5.75 Å². The molecular weight excluding hydrogens is 382 g/mol. The Kier molecular flexibility index (Phi) is 5.57. The molecule has 0 unspecified atom stereocenters. The smallest absolute Gasteiger partial charge is 0.324 e. The first kappa shape index (κ1) is 20.1. The Bertz CT molecular complexity index is 949. The monoisotopic (exact) mass is 407 g/mol. The van der Waals surface area contributed by atoms with Gasteiger partial charge in [-0.3, -0.25) is 14.4 Å². The summed E-state index contributed by atoms with van der Waals surface area (Å²) in [7, 11) is 1.37. The van der Waals surface area contributed by atoms with Gasteiger partial charge in [0.15, 0.2) is 0 Å². The van der Waals surface area contributed by atoms with Crippen molar-refractivity contribution in [1.29, 1.82) is 0 Å². The van der Waals surface area contributed by atoms with Crippen LogP contribution in [0.15, 0.2) is 54.6 Å². The number of fused-ring (bicyclic) bond motifs is 1. The number of hydrogen-bond acceptors (Lipinski definition) is 5. The molecule has 2 atom stereocenters. The minimum absolute atomic E-state index is 0.366. The number of ether oxygens (including phenoxy) is 2. The zero-order valence-electron chi connectivity index (χ0n) is 16.9. The number of hydrogen-bond donors (Lipinski definition) is 1. The van der Waals surface area contributed by atoms with Crippen LogP contribution in [0.1, 0.15) is 43.6 Å². The Morgan fingerprint density at radius 1 is 1.00 bits per heavy atom. The first-order valence-corrected chi connectivity index (χ1v) is 10.3. The van der Waals surface area contributed by atoms with Crippen molar-refractivity contribution >= 4 is 23.5 Å². The molecule has 1 heterocycles. The maximum atomic E-state index is 13.3. The van der Waals surface area contributed by atoms with E-state index >= 15 is 0 Å². The molecule has 2 aliphatic rings. The number of nitrogens with one attached hydrogen (secondary N) is 1. The lowest BCUT2D eigenvalue weighted by Gasteiger charge is -2.45. The van der Waals surface area contributed by atoms with Crippen molar-refractivity contribution in [2.24, 2.45) is 11.3 Å². The number of esters is 2. The van der Waals surface area contributed by atoms with E-state index in [2.05, 4.69) is 5.32 Å². The van der Waals surface area contributed by atoms with Gasteiger partial charge < -0.3 is 14.8 Å². The van der Waals surface area contributed by atoms with Crippen LogP contribution in [-0.2, 0) is 19.1 Å². The molecule has 1 N–H and O–H groups in total. The highest BCUT2D eigenvalue weighted by Crippen LogP contribution is 2.55. The fraction of sp³-hybridized carbons (Fsp3) is 0.375. The van der Waals surface area contributed by atoms with Crippen LogP contribution in [0.4, 0.5) is 5.69 Å². The molecule has 156 valence electrons. The second-order valence-corrected chi connectivity index (χ2v) is 7.98. The molecule has 2 aromatic rings. The third kappa shape index (κ3) is 3.47. The van der Waals surface area contributed by atoms with Crippen LogP contribution in [0.2, 0.25) is 0 Å². The van der Waals surface area contributed by atoms with Crippen LogP contribution < -0.4 is 10.1 Å². The second-order valence-electron chi connectivity index (χ2n) is 7.98. The lowest BCUT2D eigenvalue weighted by molar-refractivity contribution is -0.162. The quantitative estimate of drug-likeness (QED) is 0.469. The highest BCUT2D eigenvalue weighted by Gasteiger charge is 2.57. The van der Waals surface area contributed by atoms with E-state index in [0.717, 1.165) is 19.3 Å². The molecule has 0 radical (unpaired) electrons. The molecule has 1 aliphatic heterocycles. The Labute approximate surface area is 175 Å². The average Bonchev–Trinajstić information content (AvgIpc) is 2.78. The molecule has 0 saturated heterocycles. The third-order valence-electron chi connectivity index (χ3n) is 6.31. The molecule has 0 bridgehead atoms. The van der Waals surface area contributed by atoms with Gasteiger partial charge >= 0.3 is 11.9 Å². The van der Waals surface area contributed by atoms with E-state index in [4.69, 9.17) is 9.47 Å². The van der Waals surface area contributed by atoms with Crippen LogP contribution in [0.5, 0.6) is 5.75 Å². The zero-order valence-corrected chi connectivity index (χ0v) is 16.9. The highest BCUT2D eigenvalue weighted by atomic mass is 16.5. The van der Waals surface area contributed by atoms with Gasteiger partial charge in [-0.1, -0.05) is 55.7 Å². The van der Waals surface area contributed by atoms with Gasteiger partial charge in [0.1, 0.15) is 11.7 Å². The molecule has 1 fully saturated rings. The van der Waals surface area contributed by atoms with Gasteiger partial charge in [-0.25, -0.2) is 0 Å². The Morgan fingerprint density at radius 3 is 2.37 bits per heavy atom. The lowest BCUT2D eigenvalue weighted by Crippen LogP contribution is -2.51. The molecule has 4 rings (SSSR count). The van der Waals surface area contributed by atoms with Crippen molar-refractivity contribution in [2.45, 2.75) is 38.0 Å². The fourth-order valence-electron chi connectivity index (χ4n) is 4.96. The van der Waals surface area contributed by atoms with Crippen LogP contribution in [0.25, 0.3) is 0 Å². The summed E-state index contributed by atoms with van der Waals surface area (Å²) in [6, 6.07) is 16.1. The summed E-state index contributed by atoms with van der Waals surface area (Å²) >= 11 is 0. The molecule has 0 spiro atoms. The summed E-state index contributed by atoms with van der Waals surface area (Å²) in [5.74, 6) is -2.86. The van der Waals surface area contributed by atoms with E-state index in [1.807, 2.05) is 18.2 Å². The van der Waals surface area contributed by atoms with Gasteiger partial charge in [-0.05, 0) is 31.0 Å². The van der Waals surface area contributed by atoms with Gasteiger partial charge in [-0.2, -0.15) is 0 Å². The van der Waals surface area contributed by atoms with Crippen molar-refractivity contribution < 1.29 is 23.9 Å². The van der Waals surface area contributed by atoms with Crippen molar-refractivity contribution in [3.05, 3.63) is 60.2 Å². The minimum atomic E-state index is -1.14. The predicted octanol–water partition coefficient (Wildman–Crippen LogP) is 4.07. The third-order valence-corrected chi connectivity index (χ3v) is 6.31. The number of benzene rings is 2. The first-order chi connectivity index (χ1) is 14.6. The van der Waals surface area contributed by atoms with Gasteiger partial charge in [0.25, 0.3) is 0 Å². The summed E-state index contributed by atoms with van der Waals surface area (Å²) in [6.45, 7) is 0. The van der Waals surface area contributed by atoms with Crippen LogP contribution in [0.3, 0.4) is 0 Å². The van der Waals surface area contributed by atoms with Gasteiger partial charge in [-0.15, -0.1) is 0 Å². The summed E-state index contributed by atoms with van der Waals surface area (Å²) in [5.41, 5.74) is 0.350. The molecule has 1 aliphatic carbocycles. The maximum absolute atomic E-state index is 13.3. The van der Waals surface area contributed by atoms with E-state index in [0.29, 0.717) is 29.8 Å². The van der Waals surface area contributed by atoms with Gasteiger partial charge in [0.05, 0.1) is 12.5 Å². The summed E-state index contributed by atoms with van der Waals surface area (Å²) in [4.78, 5) is 39.5. The first-order valence-electron chi connectivity index (χ1n) is 10.3. The predicted molar refractivity (Wildman–Crippen MR) is 111 cm³/mol. The van der Waals surface area contributed by atoms with E-state index < -0.39 is 29.1 Å². The SMILES string of the molecule is COC(=O)C1([C@@H]2c3ccccc3OC(=O)[C@@H]2C(=O)Nc2ccccc2)CCCCC1. The van der Waals surface area contributed by atoms with Crippen LogP contribution >= 0.6 is 0 Å². The molecule has 6 nitrogen and oxygen atoms in total. The summed E-state index contributed by atoms with van der Waals surface area (Å²) in [5, 5.41) is 2.82. The zero-order chi connectivity index (χ0) is 21.1. The summed E-state index contributed by atoms with van der Waals surface area (Å²) < 4.78 is 10.8. The van der Waals surface area contributed by atoms with Crippen molar-refractivity contribution in [3.63, 3.8) is 0 Å². The number of carbonyl (C=O) groups excluding carboxylic acids is 3. The Hall–Kier alpha value is -3.15. The Morgan fingerprint density at radius 2 is 1.67 bits per heavy atom. The molecule has 1 amide bonds. The van der Waals surface area contributed by atoms with E-state index in [1.54, 1.807) is 36.4 Å². The minimum Gasteiger partial charge on any atom is -0.469 e. The van der Waals surface area contributed by atoms with E-state index in [1.165, 1.54) is 7.11 Å². The molecule has 6 heteroatoms. The Balaban J connectivity index is 1.82. The standard InChI is InChI=1S/C24H25NO5/c1-29-23(28)24(14-8-3-9-15-24)20-17-12-6-7-13-18(17)30-22(27)19(20)21(26)25-16-10-4-2-5-11-16/h2,4-7,10-13,19-20H,3,8-9,14-15H2,1H3,(H,25,26)/t19-,20+/m0/s1. The highest BCUT2D eigenvalue weighted by molar-refractivity contribution is 6.07. The molecule has 1 saturated carbocycles. The topological polar surface area (TPSA) is 81.7 Å². The molecule has 0 aromatic heterocycles. The molecular formula is C24H25NO5. The number of rotatable bonds is 4.